The van der Waals surface area contributed by atoms with E-state index in [1.165, 1.54) is 4.88 Å². The number of nitrogens with two attached hydrogens (primary N) is 1. The van der Waals surface area contributed by atoms with Crippen molar-refractivity contribution in [3.8, 4) is 0 Å². The fourth-order valence-electron chi connectivity index (χ4n) is 2.44. The first-order valence-corrected chi connectivity index (χ1v) is 7.92. The van der Waals surface area contributed by atoms with E-state index in [2.05, 4.69) is 24.9 Å². The maximum atomic E-state index is 5.47. The molecule has 21 heavy (non-hydrogen) atoms. The number of hydrogen-bond donors (Lipinski definition) is 1. The van der Waals surface area contributed by atoms with Gasteiger partial charge in [-0.1, -0.05) is 5.16 Å². The Morgan fingerprint density at radius 1 is 1.24 bits per heavy atom. The second kappa shape index (κ2) is 6.61. The smallest absolute Gasteiger partial charge is 0.240 e. The third-order valence-electron chi connectivity index (χ3n) is 3.56. The third-order valence-corrected chi connectivity index (χ3v) is 4.46. The Morgan fingerprint density at radius 2 is 1.95 bits per heavy atom. The third kappa shape index (κ3) is 3.85. The van der Waals surface area contributed by atoms with E-state index in [1.54, 1.807) is 11.3 Å². The minimum atomic E-state index is 0.301. The molecule has 2 aromatic heterocycles. The molecule has 1 aliphatic rings. The van der Waals surface area contributed by atoms with Crippen molar-refractivity contribution in [2.45, 2.75) is 26.6 Å². The lowest BCUT2D eigenvalue weighted by Gasteiger charge is -2.33. The molecule has 0 spiro atoms. The van der Waals surface area contributed by atoms with Gasteiger partial charge in [-0.2, -0.15) is 4.98 Å². The van der Waals surface area contributed by atoms with Crippen LogP contribution in [0.5, 0.6) is 0 Å². The van der Waals surface area contributed by atoms with Gasteiger partial charge in [0.15, 0.2) is 5.82 Å². The Bertz CT molecular complexity index is 575. The van der Waals surface area contributed by atoms with E-state index in [4.69, 9.17) is 10.3 Å². The van der Waals surface area contributed by atoms with Crippen molar-refractivity contribution in [3.63, 3.8) is 0 Å². The number of rotatable bonds is 5. The molecule has 0 aliphatic carbocycles. The van der Waals surface area contributed by atoms with Gasteiger partial charge in [-0.15, -0.1) is 11.3 Å². The van der Waals surface area contributed by atoms with Crippen LogP contribution in [0.1, 0.15) is 21.6 Å². The van der Waals surface area contributed by atoms with Crippen LogP contribution in [0.4, 0.5) is 0 Å². The number of aromatic nitrogens is 3. The summed E-state index contributed by atoms with van der Waals surface area (Å²) < 4.78 is 5.03. The molecule has 2 N–H and O–H groups in total. The summed E-state index contributed by atoms with van der Waals surface area (Å²) in [7, 11) is 0. The van der Waals surface area contributed by atoms with E-state index in [0.29, 0.717) is 12.4 Å². The van der Waals surface area contributed by atoms with E-state index in [1.807, 2.05) is 13.1 Å². The molecule has 0 saturated carbocycles. The number of hydrogen-bond acceptors (Lipinski definition) is 8. The van der Waals surface area contributed by atoms with Gasteiger partial charge in [-0.25, -0.2) is 4.98 Å². The first-order chi connectivity index (χ1) is 10.2. The number of aryl methyl sites for hydroxylation is 1. The number of piperazine rings is 1. The summed E-state index contributed by atoms with van der Waals surface area (Å²) in [6.07, 6.45) is 1.99. The van der Waals surface area contributed by atoms with Crippen LogP contribution in [0.2, 0.25) is 0 Å². The van der Waals surface area contributed by atoms with Crippen LogP contribution in [0, 0.1) is 6.92 Å². The maximum absolute atomic E-state index is 5.47. The van der Waals surface area contributed by atoms with Crippen LogP contribution in [-0.2, 0) is 19.6 Å². The van der Waals surface area contributed by atoms with Crippen LogP contribution in [0.25, 0.3) is 0 Å². The van der Waals surface area contributed by atoms with E-state index >= 15 is 0 Å². The molecule has 0 amide bonds. The summed E-state index contributed by atoms with van der Waals surface area (Å²) in [6.45, 7) is 8.23. The molecule has 1 saturated heterocycles. The summed E-state index contributed by atoms with van der Waals surface area (Å²) in [5.41, 5.74) is 5.47. The van der Waals surface area contributed by atoms with Crippen molar-refractivity contribution in [3.05, 3.63) is 27.8 Å². The van der Waals surface area contributed by atoms with Gasteiger partial charge in [0.05, 0.1) is 18.1 Å². The molecular weight excluding hydrogens is 288 g/mol. The second-order valence-corrected chi connectivity index (χ2v) is 6.53. The average Bonchev–Trinajstić information content (AvgIpc) is 3.10. The zero-order valence-corrected chi connectivity index (χ0v) is 13.0. The SMILES string of the molecule is Cc1ncc(CN2CCN(Cc3noc(CN)n3)CC2)s1. The van der Waals surface area contributed by atoms with E-state index in [-0.39, 0.29) is 0 Å². The van der Waals surface area contributed by atoms with Gasteiger partial charge in [0, 0.05) is 43.8 Å². The average molecular weight is 308 g/mol. The molecule has 7 nitrogen and oxygen atoms in total. The Labute approximate surface area is 127 Å². The van der Waals surface area contributed by atoms with Crippen LogP contribution in [-0.4, -0.2) is 51.1 Å². The van der Waals surface area contributed by atoms with Crippen molar-refractivity contribution < 1.29 is 4.52 Å². The molecule has 1 aliphatic heterocycles. The highest BCUT2D eigenvalue weighted by Gasteiger charge is 2.19. The summed E-state index contributed by atoms with van der Waals surface area (Å²) >= 11 is 1.78. The van der Waals surface area contributed by atoms with Gasteiger partial charge >= 0.3 is 0 Å². The van der Waals surface area contributed by atoms with Gasteiger partial charge in [0.2, 0.25) is 5.89 Å². The minimum absolute atomic E-state index is 0.301. The zero-order chi connectivity index (χ0) is 14.7. The fourth-order valence-corrected chi connectivity index (χ4v) is 3.28. The maximum Gasteiger partial charge on any atom is 0.240 e. The Balaban J connectivity index is 1.46. The highest BCUT2D eigenvalue weighted by molar-refractivity contribution is 7.11. The molecule has 0 radical (unpaired) electrons. The Hall–Kier alpha value is -1.35. The minimum Gasteiger partial charge on any atom is -0.338 e. The highest BCUT2D eigenvalue weighted by Crippen LogP contribution is 2.15. The van der Waals surface area contributed by atoms with Crippen molar-refractivity contribution >= 4 is 11.3 Å². The van der Waals surface area contributed by atoms with Gasteiger partial charge in [0.25, 0.3) is 0 Å². The molecule has 0 atom stereocenters. The van der Waals surface area contributed by atoms with Crippen LogP contribution >= 0.6 is 11.3 Å². The Kier molecular flexibility index (Phi) is 4.59. The lowest BCUT2D eigenvalue weighted by atomic mass is 10.3. The van der Waals surface area contributed by atoms with Gasteiger partial charge < -0.3 is 10.3 Å². The van der Waals surface area contributed by atoms with Crippen molar-refractivity contribution in [1.29, 1.82) is 0 Å². The van der Waals surface area contributed by atoms with Crippen molar-refractivity contribution in [2.75, 3.05) is 26.2 Å². The van der Waals surface area contributed by atoms with Crippen LogP contribution in [0.15, 0.2) is 10.7 Å². The van der Waals surface area contributed by atoms with Crippen LogP contribution < -0.4 is 5.73 Å². The van der Waals surface area contributed by atoms with Gasteiger partial charge in [-0.3, -0.25) is 9.80 Å². The van der Waals surface area contributed by atoms with Gasteiger partial charge in [-0.05, 0) is 6.92 Å². The highest BCUT2D eigenvalue weighted by atomic mass is 32.1. The summed E-state index contributed by atoms with van der Waals surface area (Å²) in [5, 5.41) is 5.08. The molecular formula is C13H20N6OS. The predicted molar refractivity (Wildman–Crippen MR) is 79.6 cm³/mol. The topological polar surface area (TPSA) is 84.3 Å². The Morgan fingerprint density at radius 3 is 2.52 bits per heavy atom. The van der Waals surface area contributed by atoms with E-state index in [9.17, 15) is 0 Å². The van der Waals surface area contributed by atoms with Crippen molar-refractivity contribution in [1.82, 2.24) is 24.9 Å². The number of thiazole rings is 1. The monoisotopic (exact) mass is 308 g/mol. The summed E-state index contributed by atoms with van der Waals surface area (Å²) in [5.74, 6) is 1.23. The second-order valence-electron chi connectivity index (χ2n) is 5.21. The summed E-state index contributed by atoms with van der Waals surface area (Å²) in [4.78, 5) is 14.7. The molecule has 0 bridgehead atoms. The fraction of sp³-hybridized carbons (Fsp3) is 0.615. The molecule has 0 aromatic carbocycles. The van der Waals surface area contributed by atoms with Crippen LogP contribution in [0.3, 0.4) is 0 Å². The lowest BCUT2D eigenvalue weighted by molar-refractivity contribution is 0.120. The molecule has 0 unspecified atom stereocenters. The largest absolute Gasteiger partial charge is 0.338 e. The summed E-state index contributed by atoms with van der Waals surface area (Å²) in [6, 6.07) is 0. The molecule has 2 aromatic rings. The number of nitrogens with zero attached hydrogens (tertiary/aromatic N) is 5. The first-order valence-electron chi connectivity index (χ1n) is 7.10. The lowest BCUT2D eigenvalue weighted by Crippen LogP contribution is -2.45. The normalized spacial score (nSPS) is 17.4. The molecule has 3 rings (SSSR count). The predicted octanol–water partition coefficient (Wildman–Crippen LogP) is 0.611. The standard InChI is InChI=1S/C13H20N6OS/c1-10-15-7-11(21-10)8-18-2-4-19(5-3-18)9-12-16-13(6-14)20-17-12/h7H,2-6,8-9,14H2,1H3. The van der Waals surface area contributed by atoms with Gasteiger partial charge in [0.1, 0.15) is 0 Å². The van der Waals surface area contributed by atoms with E-state index < -0.39 is 0 Å². The quantitative estimate of drug-likeness (QED) is 0.866. The van der Waals surface area contributed by atoms with E-state index in [0.717, 1.165) is 50.1 Å². The van der Waals surface area contributed by atoms with Crippen molar-refractivity contribution in [2.24, 2.45) is 5.73 Å². The molecule has 1 fully saturated rings. The molecule has 8 heteroatoms. The first kappa shape index (κ1) is 14.6. The molecule has 114 valence electrons. The molecule has 3 heterocycles. The zero-order valence-electron chi connectivity index (χ0n) is 12.2.